The van der Waals surface area contributed by atoms with Crippen LogP contribution in [0.25, 0.3) is 0 Å². The van der Waals surface area contributed by atoms with Crippen molar-refractivity contribution in [3.8, 4) is 29.1 Å². The molecule has 33 heavy (non-hydrogen) atoms. The number of hydrogen-bond acceptors (Lipinski definition) is 7. The van der Waals surface area contributed by atoms with Crippen molar-refractivity contribution in [1.82, 2.24) is 0 Å². The van der Waals surface area contributed by atoms with Crippen molar-refractivity contribution in [3.63, 3.8) is 0 Å². The maximum absolute atomic E-state index is 12.6. The number of rotatable bonds is 6. The lowest BCUT2D eigenvalue weighted by atomic mass is 9.83. The lowest BCUT2D eigenvalue weighted by molar-refractivity contribution is 0.0734. The Labute approximate surface area is 191 Å². The molecule has 0 bridgehead atoms. The summed E-state index contributed by atoms with van der Waals surface area (Å²) in [6.45, 7) is 2.43. The van der Waals surface area contributed by atoms with Crippen LogP contribution in [0.2, 0.25) is 0 Å². The Kier molecular flexibility index (Phi) is 6.18. The highest BCUT2D eigenvalue weighted by Gasteiger charge is 2.31. The van der Waals surface area contributed by atoms with Gasteiger partial charge in [-0.3, -0.25) is 0 Å². The van der Waals surface area contributed by atoms with Gasteiger partial charge in [-0.15, -0.1) is 0 Å². The third-order valence-corrected chi connectivity index (χ3v) is 5.23. The van der Waals surface area contributed by atoms with Gasteiger partial charge >= 0.3 is 5.97 Å². The number of carbonyl (C=O) groups is 1. The first-order chi connectivity index (χ1) is 16.0. The summed E-state index contributed by atoms with van der Waals surface area (Å²) in [6, 6.07) is 21.3. The standard InChI is InChI=1S/C26H22N2O5/c1-3-31-18-9-7-16(8-10-18)26(29)32-20-11-12-21-23(14-20)33-25(28)22(15-27)24(21)17-5-4-6-19(13-17)30-2/h4-14,24H,3,28H2,1-2H3. The number of nitrogens with zero attached hydrogens (tertiary/aromatic N) is 1. The molecule has 0 radical (unpaired) electrons. The van der Waals surface area contributed by atoms with Gasteiger partial charge in [-0.1, -0.05) is 18.2 Å². The Morgan fingerprint density at radius 3 is 2.52 bits per heavy atom. The minimum absolute atomic E-state index is 0.00723. The molecule has 0 fully saturated rings. The number of ether oxygens (including phenoxy) is 4. The molecule has 1 atom stereocenters. The van der Waals surface area contributed by atoms with Crippen LogP contribution < -0.4 is 24.7 Å². The quantitative estimate of drug-likeness (QED) is 0.442. The van der Waals surface area contributed by atoms with Gasteiger partial charge in [0.1, 0.15) is 34.6 Å². The number of benzene rings is 3. The van der Waals surface area contributed by atoms with Crippen LogP contribution in [0, 0.1) is 11.3 Å². The number of carbonyl (C=O) groups excluding carboxylic acids is 1. The summed E-state index contributed by atoms with van der Waals surface area (Å²) in [7, 11) is 1.58. The van der Waals surface area contributed by atoms with Crippen molar-refractivity contribution in [3.05, 3.63) is 94.9 Å². The molecule has 0 saturated carbocycles. The second kappa shape index (κ2) is 9.37. The van der Waals surface area contributed by atoms with Crippen LogP contribution in [-0.4, -0.2) is 19.7 Å². The van der Waals surface area contributed by atoms with E-state index >= 15 is 0 Å². The van der Waals surface area contributed by atoms with Crippen molar-refractivity contribution in [1.29, 1.82) is 5.26 Å². The largest absolute Gasteiger partial charge is 0.497 e. The molecular formula is C26H22N2O5. The summed E-state index contributed by atoms with van der Waals surface area (Å²) in [5, 5.41) is 9.72. The van der Waals surface area contributed by atoms with Gasteiger partial charge in [-0.2, -0.15) is 5.26 Å². The molecule has 1 unspecified atom stereocenters. The maximum Gasteiger partial charge on any atom is 0.343 e. The van der Waals surface area contributed by atoms with Crippen LogP contribution in [0.4, 0.5) is 0 Å². The second-order valence-corrected chi connectivity index (χ2v) is 7.25. The van der Waals surface area contributed by atoms with Gasteiger partial charge < -0.3 is 24.7 Å². The number of esters is 1. The Balaban J connectivity index is 1.63. The molecule has 166 valence electrons. The van der Waals surface area contributed by atoms with Crippen LogP contribution in [0.5, 0.6) is 23.0 Å². The number of methoxy groups -OCH3 is 1. The zero-order chi connectivity index (χ0) is 23.4. The summed E-state index contributed by atoms with van der Waals surface area (Å²) >= 11 is 0. The zero-order valence-corrected chi connectivity index (χ0v) is 18.2. The fourth-order valence-electron chi connectivity index (χ4n) is 3.68. The molecule has 4 rings (SSSR count). The Hall–Kier alpha value is -4.44. The first-order valence-corrected chi connectivity index (χ1v) is 10.3. The summed E-state index contributed by atoms with van der Waals surface area (Å²) in [5.74, 6) is 1.10. The molecule has 0 aliphatic carbocycles. The van der Waals surface area contributed by atoms with E-state index in [1.165, 1.54) is 0 Å². The highest BCUT2D eigenvalue weighted by atomic mass is 16.5. The highest BCUT2D eigenvalue weighted by molar-refractivity contribution is 5.91. The number of nitrogens with two attached hydrogens (primary N) is 1. The van der Waals surface area contributed by atoms with Crippen LogP contribution in [0.3, 0.4) is 0 Å². The molecule has 3 aromatic rings. The number of fused-ring (bicyclic) bond motifs is 1. The Morgan fingerprint density at radius 1 is 1.06 bits per heavy atom. The van der Waals surface area contributed by atoms with E-state index in [4.69, 9.17) is 24.7 Å². The van der Waals surface area contributed by atoms with Crippen molar-refractivity contribution < 1.29 is 23.7 Å². The van der Waals surface area contributed by atoms with Crippen molar-refractivity contribution >= 4 is 5.97 Å². The monoisotopic (exact) mass is 442 g/mol. The minimum Gasteiger partial charge on any atom is -0.497 e. The average molecular weight is 442 g/mol. The van der Waals surface area contributed by atoms with Crippen LogP contribution in [0.15, 0.2) is 78.2 Å². The van der Waals surface area contributed by atoms with Gasteiger partial charge in [-0.05, 0) is 55.0 Å². The lowest BCUT2D eigenvalue weighted by Crippen LogP contribution is -2.21. The summed E-state index contributed by atoms with van der Waals surface area (Å²) in [5.41, 5.74) is 8.32. The highest BCUT2D eigenvalue weighted by Crippen LogP contribution is 2.44. The van der Waals surface area contributed by atoms with E-state index in [9.17, 15) is 10.1 Å². The predicted octanol–water partition coefficient (Wildman–Crippen LogP) is 4.53. The molecule has 2 N–H and O–H groups in total. The van der Waals surface area contributed by atoms with Crippen LogP contribution in [0.1, 0.15) is 34.3 Å². The van der Waals surface area contributed by atoms with Gasteiger partial charge in [0.2, 0.25) is 5.88 Å². The van der Waals surface area contributed by atoms with E-state index in [-0.39, 0.29) is 5.88 Å². The molecule has 1 aliphatic rings. The summed E-state index contributed by atoms with van der Waals surface area (Å²) in [4.78, 5) is 12.6. The van der Waals surface area contributed by atoms with Gasteiger partial charge in [0.15, 0.2) is 0 Å². The average Bonchev–Trinajstić information content (AvgIpc) is 2.83. The van der Waals surface area contributed by atoms with E-state index in [0.29, 0.717) is 40.7 Å². The third-order valence-electron chi connectivity index (χ3n) is 5.23. The molecular weight excluding hydrogens is 420 g/mol. The molecule has 0 spiro atoms. The summed E-state index contributed by atoms with van der Waals surface area (Å²) < 4.78 is 22.0. The fraction of sp³-hybridized carbons (Fsp3) is 0.154. The van der Waals surface area contributed by atoms with Crippen molar-refractivity contribution in [2.45, 2.75) is 12.8 Å². The fourth-order valence-corrected chi connectivity index (χ4v) is 3.68. The van der Waals surface area contributed by atoms with Gasteiger partial charge in [-0.25, -0.2) is 4.79 Å². The smallest absolute Gasteiger partial charge is 0.343 e. The van der Waals surface area contributed by atoms with E-state index in [1.807, 2.05) is 31.2 Å². The normalized spacial score (nSPS) is 14.5. The van der Waals surface area contributed by atoms with Gasteiger partial charge in [0.05, 0.1) is 25.2 Å². The van der Waals surface area contributed by atoms with E-state index < -0.39 is 11.9 Å². The maximum atomic E-state index is 12.6. The molecule has 1 aliphatic heterocycles. The molecule has 7 nitrogen and oxygen atoms in total. The SMILES string of the molecule is CCOc1ccc(C(=O)Oc2ccc3c(c2)OC(N)=C(C#N)C3c2cccc(OC)c2)cc1. The lowest BCUT2D eigenvalue weighted by Gasteiger charge is -2.27. The zero-order valence-electron chi connectivity index (χ0n) is 18.2. The summed E-state index contributed by atoms with van der Waals surface area (Å²) in [6.07, 6.45) is 0. The second-order valence-electron chi connectivity index (χ2n) is 7.25. The molecule has 3 aromatic carbocycles. The molecule has 0 amide bonds. The van der Waals surface area contributed by atoms with E-state index in [1.54, 1.807) is 49.6 Å². The Morgan fingerprint density at radius 2 is 1.82 bits per heavy atom. The van der Waals surface area contributed by atoms with Crippen LogP contribution >= 0.6 is 0 Å². The number of nitriles is 1. The predicted molar refractivity (Wildman–Crippen MR) is 121 cm³/mol. The first-order valence-electron chi connectivity index (χ1n) is 10.3. The topological polar surface area (TPSA) is 104 Å². The third kappa shape index (κ3) is 4.46. The first kappa shape index (κ1) is 21.8. The van der Waals surface area contributed by atoms with E-state index in [0.717, 1.165) is 11.1 Å². The van der Waals surface area contributed by atoms with E-state index in [2.05, 4.69) is 6.07 Å². The number of hydrogen-bond donors (Lipinski definition) is 1. The number of allylic oxidation sites excluding steroid dienone is 1. The van der Waals surface area contributed by atoms with Crippen LogP contribution in [-0.2, 0) is 0 Å². The molecule has 0 saturated heterocycles. The van der Waals surface area contributed by atoms with Crippen molar-refractivity contribution in [2.24, 2.45) is 5.73 Å². The molecule has 7 heteroatoms. The molecule has 0 aromatic heterocycles. The van der Waals surface area contributed by atoms with Gasteiger partial charge in [0, 0.05) is 11.6 Å². The van der Waals surface area contributed by atoms with Crippen molar-refractivity contribution in [2.75, 3.05) is 13.7 Å². The minimum atomic E-state index is -0.514. The Bertz CT molecular complexity index is 1260. The van der Waals surface area contributed by atoms with Gasteiger partial charge in [0.25, 0.3) is 0 Å². The molecule has 1 heterocycles.